The molecule has 0 amide bonds. The summed E-state index contributed by atoms with van der Waals surface area (Å²) in [6.07, 6.45) is 1.75. The van der Waals surface area contributed by atoms with Crippen LogP contribution in [-0.2, 0) is 23.9 Å². The molecule has 0 N–H and O–H groups in total. The number of carbonyl (C=O) groups is 3. The number of hydrogen-bond acceptors (Lipinski definition) is 5. The van der Waals surface area contributed by atoms with E-state index in [1.807, 2.05) is 0 Å². The average Bonchev–Trinajstić information content (AvgIpc) is 2.80. The van der Waals surface area contributed by atoms with E-state index in [4.69, 9.17) is 9.47 Å². The van der Waals surface area contributed by atoms with Crippen LogP contribution in [0.5, 0.6) is 0 Å². The van der Waals surface area contributed by atoms with Gasteiger partial charge in [-0.15, -0.1) is 0 Å². The van der Waals surface area contributed by atoms with E-state index in [2.05, 4.69) is 20.8 Å². The Balaban J connectivity index is 1.98. The van der Waals surface area contributed by atoms with Gasteiger partial charge in [-0.2, -0.15) is 0 Å². The van der Waals surface area contributed by atoms with Crippen molar-refractivity contribution in [1.82, 2.24) is 0 Å². The van der Waals surface area contributed by atoms with E-state index in [0.717, 1.165) is 12.8 Å². The van der Waals surface area contributed by atoms with E-state index in [9.17, 15) is 14.4 Å². The van der Waals surface area contributed by atoms with Gasteiger partial charge >= 0.3 is 11.9 Å². The third-order valence-corrected chi connectivity index (χ3v) is 6.37. The second-order valence-electron chi connectivity index (χ2n) is 7.90. The maximum atomic E-state index is 12.5. The summed E-state index contributed by atoms with van der Waals surface area (Å²) >= 11 is 0. The smallest absolute Gasteiger partial charge is 0.310 e. The van der Waals surface area contributed by atoms with Crippen molar-refractivity contribution in [3.05, 3.63) is 0 Å². The van der Waals surface area contributed by atoms with Crippen molar-refractivity contribution >= 4 is 17.7 Å². The zero-order valence-electron chi connectivity index (χ0n) is 13.7. The van der Waals surface area contributed by atoms with Crippen LogP contribution in [0.3, 0.4) is 0 Å². The molecular formula is C17H24O5. The Hall–Kier alpha value is -1.39. The summed E-state index contributed by atoms with van der Waals surface area (Å²) in [6.45, 7) is 7.87. The number of Topliss-reactive ketones (excluding diaryl/α,β-unsaturated/α-hetero) is 1. The second-order valence-corrected chi connectivity index (χ2v) is 7.90. The molecule has 5 nitrogen and oxygen atoms in total. The molecule has 22 heavy (non-hydrogen) atoms. The van der Waals surface area contributed by atoms with Gasteiger partial charge in [0.25, 0.3) is 0 Å². The van der Waals surface area contributed by atoms with Crippen LogP contribution in [0, 0.1) is 28.6 Å². The van der Waals surface area contributed by atoms with Crippen molar-refractivity contribution in [3.8, 4) is 0 Å². The normalized spacial score (nSPS) is 43.1. The van der Waals surface area contributed by atoms with Gasteiger partial charge in [0.15, 0.2) is 0 Å². The zero-order chi connectivity index (χ0) is 16.3. The quantitative estimate of drug-likeness (QED) is 0.694. The monoisotopic (exact) mass is 308 g/mol. The maximum Gasteiger partial charge on any atom is 0.310 e. The summed E-state index contributed by atoms with van der Waals surface area (Å²) in [5.41, 5.74) is -0.589. The summed E-state index contributed by atoms with van der Waals surface area (Å²) in [4.78, 5) is 36.1. The highest BCUT2D eigenvalue weighted by molar-refractivity contribution is 5.91. The maximum absolute atomic E-state index is 12.5. The first kappa shape index (κ1) is 15.5. The fourth-order valence-corrected chi connectivity index (χ4v) is 5.22. The van der Waals surface area contributed by atoms with E-state index in [-0.39, 0.29) is 59.0 Å². The lowest BCUT2D eigenvalue weighted by Crippen LogP contribution is -2.59. The number of hydrogen-bond donors (Lipinski definition) is 0. The van der Waals surface area contributed by atoms with Crippen LogP contribution in [0.1, 0.15) is 47.0 Å². The highest BCUT2D eigenvalue weighted by atomic mass is 16.5. The van der Waals surface area contributed by atoms with Crippen LogP contribution < -0.4 is 0 Å². The fraction of sp³-hybridized carbons (Fsp3) is 0.824. The molecule has 0 aromatic rings. The van der Waals surface area contributed by atoms with Crippen molar-refractivity contribution in [2.75, 3.05) is 6.61 Å². The van der Waals surface area contributed by atoms with Crippen molar-refractivity contribution < 1.29 is 23.9 Å². The molecule has 0 aromatic carbocycles. The van der Waals surface area contributed by atoms with Gasteiger partial charge in [0, 0.05) is 18.8 Å². The largest absolute Gasteiger partial charge is 0.465 e. The predicted molar refractivity (Wildman–Crippen MR) is 77.7 cm³/mol. The van der Waals surface area contributed by atoms with Crippen LogP contribution in [0.25, 0.3) is 0 Å². The number of ketones is 1. The van der Waals surface area contributed by atoms with Gasteiger partial charge in [-0.3, -0.25) is 14.4 Å². The first-order valence-corrected chi connectivity index (χ1v) is 8.04. The summed E-state index contributed by atoms with van der Waals surface area (Å²) in [6, 6.07) is 0. The number of rotatable bonds is 1. The van der Waals surface area contributed by atoms with E-state index >= 15 is 0 Å². The molecule has 2 aliphatic carbocycles. The lowest BCUT2D eigenvalue weighted by molar-refractivity contribution is -0.184. The van der Waals surface area contributed by atoms with E-state index < -0.39 is 0 Å². The van der Waals surface area contributed by atoms with E-state index in [1.54, 1.807) is 0 Å². The number of cyclic esters (lactones) is 1. The Morgan fingerprint density at radius 3 is 2.59 bits per heavy atom. The molecule has 3 aliphatic rings. The van der Waals surface area contributed by atoms with E-state index in [1.165, 1.54) is 6.92 Å². The van der Waals surface area contributed by atoms with Crippen molar-refractivity contribution in [1.29, 1.82) is 0 Å². The van der Waals surface area contributed by atoms with Crippen molar-refractivity contribution in [2.24, 2.45) is 28.6 Å². The molecule has 2 unspecified atom stereocenters. The minimum atomic E-state index is -0.337. The Morgan fingerprint density at radius 1 is 1.27 bits per heavy atom. The average molecular weight is 308 g/mol. The van der Waals surface area contributed by atoms with Gasteiger partial charge < -0.3 is 9.47 Å². The highest BCUT2D eigenvalue weighted by Crippen LogP contribution is 2.62. The SMILES string of the molecule is CC(=O)O[C@H]1CC[C@]2(C)C3C(=O)OCC3C(=O)C[C@H]2C1(C)C. The first-order chi connectivity index (χ1) is 10.2. The van der Waals surface area contributed by atoms with Gasteiger partial charge in [-0.25, -0.2) is 0 Å². The lowest BCUT2D eigenvalue weighted by Gasteiger charge is -2.58. The fourth-order valence-electron chi connectivity index (χ4n) is 5.22. The van der Waals surface area contributed by atoms with Gasteiger partial charge in [-0.05, 0) is 24.2 Å². The van der Waals surface area contributed by atoms with Crippen LogP contribution >= 0.6 is 0 Å². The third kappa shape index (κ3) is 2.01. The van der Waals surface area contributed by atoms with Gasteiger partial charge in [0.05, 0.1) is 11.8 Å². The summed E-state index contributed by atoms with van der Waals surface area (Å²) < 4.78 is 10.7. The molecule has 0 aromatic heterocycles. The molecule has 5 heteroatoms. The first-order valence-electron chi connectivity index (χ1n) is 8.04. The number of fused-ring (bicyclic) bond motifs is 3. The van der Waals surface area contributed by atoms with Crippen LogP contribution in [-0.4, -0.2) is 30.4 Å². The predicted octanol–water partition coefficient (Wildman–Crippen LogP) is 2.12. The molecule has 2 saturated carbocycles. The topological polar surface area (TPSA) is 69.7 Å². The Bertz CT molecular complexity index is 537. The van der Waals surface area contributed by atoms with Gasteiger partial charge in [0.2, 0.25) is 0 Å². The molecular weight excluding hydrogens is 284 g/mol. The molecule has 3 rings (SSSR count). The molecule has 5 atom stereocenters. The molecule has 0 spiro atoms. The van der Waals surface area contributed by atoms with E-state index in [0.29, 0.717) is 6.42 Å². The Labute approximate surface area is 130 Å². The minimum Gasteiger partial charge on any atom is -0.465 e. The van der Waals surface area contributed by atoms with Crippen molar-refractivity contribution in [2.45, 2.75) is 53.1 Å². The third-order valence-electron chi connectivity index (χ3n) is 6.37. The van der Waals surface area contributed by atoms with Crippen molar-refractivity contribution in [3.63, 3.8) is 0 Å². The molecule has 122 valence electrons. The molecule has 0 bridgehead atoms. The molecule has 1 saturated heterocycles. The highest BCUT2D eigenvalue weighted by Gasteiger charge is 2.64. The Morgan fingerprint density at radius 2 is 1.95 bits per heavy atom. The molecule has 3 fully saturated rings. The second kappa shape index (κ2) is 4.80. The number of esters is 2. The lowest BCUT2D eigenvalue weighted by atomic mass is 9.46. The number of ether oxygens (including phenoxy) is 2. The number of carbonyl (C=O) groups excluding carboxylic acids is 3. The minimum absolute atomic E-state index is 0.0255. The van der Waals surface area contributed by atoms with Crippen LogP contribution in [0.2, 0.25) is 0 Å². The van der Waals surface area contributed by atoms with Crippen LogP contribution in [0.15, 0.2) is 0 Å². The standard InChI is InChI=1S/C17H24O5/c1-9(18)22-13-5-6-17(4)12(16(13,2)3)7-11(19)10-8-21-15(20)14(10)17/h10,12-14H,5-8H2,1-4H3/t10?,12-,13-,14?,17-/m0/s1. The van der Waals surface area contributed by atoms with Gasteiger partial charge in [-0.1, -0.05) is 20.8 Å². The zero-order valence-corrected chi connectivity index (χ0v) is 13.7. The molecule has 1 aliphatic heterocycles. The summed E-state index contributed by atoms with van der Waals surface area (Å²) in [5, 5.41) is 0. The summed E-state index contributed by atoms with van der Waals surface area (Å²) in [7, 11) is 0. The molecule has 0 radical (unpaired) electrons. The van der Waals surface area contributed by atoms with Gasteiger partial charge in [0.1, 0.15) is 18.5 Å². The molecule has 1 heterocycles. The summed E-state index contributed by atoms with van der Waals surface area (Å²) in [5.74, 6) is -0.993. The van der Waals surface area contributed by atoms with Crippen LogP contribution in [0.4, 0.5) is 0 Å². The Kier molecular flexibility index (Phi) is 3.38.